The zero-order valence-electron chi connectivity index (χ0n) is 16.6. The van der Waals surface area contributed by atoms with Crippen LogP contribution >= 0.6 is 24.0 Å². The van der Waals surface area contributed by atoms with Crippen molar-refractivity contribution in [1.82, 2.24) is 14.7 Å². The largest absolute Gasteiger partial charge is 0.438 e. The molecule has 0 atom stereocenters. The number of hydrogen-bond acceptors (Lipinski definition) is 6. The molecule has 0 bridgehead atoms. The van der Waals surface area contributed by atoms with Crippen LogP contribution in [0, 0.1) is 0 Å². The highest BCUT2D eigenvalue weighted by Crippen LogP contribution is 2.30. The average Bonchev–Trinajstić information content (AvgIpc) is 3.01. The van der Waals surface area contributed by atoms with Crippen LogP contribution in [0.4, 0.5) is 0 Å². The molecule has 0 spiro atoms. The Kier molecular flexibility index (Phi) is 5.21. The zero-order chi connectivity index (χ0) is 21.5. The number of amides is 1. The van der Waals surface area contributed by atoms with Crippen molar-refractivity contribution in [3.8, 4) is 11.6 Å². The molecule has 1 amide bonds. The highest BCUT2D eigenvalue weighted by molar-refractivity contribution is 8.26. The number of carbonyl (C=O) groups is 1. The van der Waals surface area contributed by atoms with Gasteiger partial charge in [0.05, 0.1) is 4.91 Å². The van der Waals surface area contributed by atoms with Crippen LogP contribution in [0.15, 0.2) is 58.4 Å². The molecule has 0 saturated carbocycles. The Morgan fingerprint density at radius 1 is 1.13 bits per heavy atom. The highest BCUT2D eigenvalue weighted by Gasteiger charge is 2.24. The summed E-state index contributed by atoms with van der Waals surface area (Å²) in [4.78, 5) is 30.1. The molecule has 0 aliphatic carbocycles. The Morgan fingerprint density at radius 2 is 1.87 bits per heavy atom. The number of ether oxygens (including phenoxy) is 1. The summed E-state index contributed by atoms with van der Waals surface area (Å²) in [6.45, 7) is 6.40. The first kappa shape index (κ1) is 20.3. The maximum absolute atomic E-state index is 13.1. The molecule has 4 rings (SSSR count). The van der Waals surface area contributed by atoms with Gasteiger partial charge in [-0.1, -0.05) is 63.0 Å². The molecule has 1 fully saturated rings. The van der Waals surface area contributed by atoms with Crippen molar-refractivity contribution in [1.29, 1.82) is 0 Å². The van der Waals surface area contributed by atoms with Gasteiger partial charge in [-0.25, -0.2) is 0 Å². The van der Waals surface area contributed by atoms with Crippen molar-refractivity contribution < 1.29 is 9.53 Å². The minimum atomic E-state index is -0.344. The van der Waals surface area contributed by atoms with Crippen molar-refractivity contribution in [2.45, 2.75) is 26.2 Å². The molecule has 1 aliphatic rings. The maximum Gasteiger partial charge on any atom is 0.269 e. The Balaban J connectivity index is 1.82. The van der Waals surface area contributed by atoms with Crippen LogP contribution in [0.2, 0.25) is 0 Å². The van der Waals surface area contributed by atoms with E-state index in [2.05, 4.69) is 31.1 Å². The number of aromatic nitrogens is 2. The second-order valence-electron chi connectivity index (χ2n) is 7.79. The fourth-order valence-corrected chi connectivity index (χ4v) is 4.00. The summed E-state index contributed by atoms with van der Waals surface area (Å²) in [6, 6.07) is 12.9. The van der Waals surface area contributed by atoms with Crippen molar-refractivity contribution >= 4 is 45.9 Å². The molecule has 6 nitrogen and oxygen atoms in total. The van der Waals surface area contributed by atoms with Gasteiger partial charge in [0.2, 0.25) is 5.88 Å². The number of thioether (sulfide) groups is 1. The second kappa shape index (κ2) is 7.70. The van der Waals surface area contributed by atoms with Gasteiger partial charge in [0, 0.05) is 6.20 Å². The smallest absolute Gasteiger partial charge is 0.269 e. The highest BCUT2D eigenvalue weighted by atomic mass is 32.2. The van der Waals surface area contributed by atoms with Gasteiger partial charge in [-0.3, -0.25) is 14.0 Å². The lowest BCUT2D eigenvalue weighted by Crippen LogP contribution is -2.20. The van der Waals surface area contributed by atoms with E-state index in [4.69, 9.17) is 17.0 Å². The Labute approximate surface area is 183 Å². The summed E-state index contributed by atoms with van der Waals surface area (Å²) < 4.78 is 7.76. The molecule has 1 saturated heterocycles. The predicted octanol–water partition coefficient (Wildman–Crippen LogP) is 4.27. The number of carbonyl (C=O) groups excluding carboxylic acids is 1. The number of hydrogen-bond donors (Lipinski definition) is 1. The molecule has 3 heterocycles. The standard InChI is InChI=1S/C22H19N3O3S2/c1-22(2,3)13-7-9-14(10-8-13)28-19-15(12-16-18(26)24-21(29)30-16)20(27)25-11-5-4-6-17(25)23-19/h4-12H,1-3H3,(H,24,26,29)/b16-12-. The van der Waals surface area contributed by atoms with E-state index in [9.17, 15) is 9.59 Å². The number of thiocarbonyl (C=S) groups is 1. The van der Waals surface area contributed by atoms with Gasteiger partial charge in [-0.2, -0.15) is 4.98 Å². The van der Waals surface area contributed by atoms with E-state index in [1.54, 1.807) is 24.4 Å². The van der Waals surface area contributed by atoms with Crippen molar-refractivity contribution in [2.75, 3.05) is 0 Å². The van der Waals surface area contributed by atoms with Gasteiger partial charge in [0.15, 0.2) is 0 Å². The fraction of sp³-hybridized carbons (Fsp3) is 0.182. The molecule has 8 heteroatoms. The Hall–Kier alpha value is -2.97. The summed E-state index contributed by atoms with van der Waals surface area (Å²) in [6.07, 6.45) is 3.11. The number of fused-ring (bicyclic) bond motifs is 1. The van der Waals surface area contributed by atoms with Gasteiger partial charge < -0.3 is 10.1 Å². The molecule has 0 radical (unpaired) electrons. The van der Waals surface area contributed by atoms with Gasteiger partial charge in [-0.15, -0.1) is 0 Å². The van der Waals surface area contributed by atoms with E-state index in [-0.39, 0.29) is 28.3 Å². The molecule has 1 aliphatic heterocycles. The number of benzene rings is 1. The van der Waals surface area contributed by atoms with E-state index in [0.29, 0.717) is 20.6 Å². The molecule has 3 aromatic rings. The summed E-state index contributed by atoms with van der Waals surface area (Å²) in [5, 5.41) is 2.55. The third kappa shape index (κ3) is 4.01. The number of nitrogens with zero attached hydrogens (tertiary/aromatic N) is 2. The van der Waals surface area contributed by atoms with Crippen LogP contribution in [0.1, 0.15) is 31.9 Å². The molecule has 2 aromatic heterocycles. The molecular formula is C22H19N3O3S2. The summed E-state index contributed by atoms with van der Waals surface area (Å²) in [5.74, 6) is 0.338. The van der Waals surface area contributed by atoms with E-state index in [1.807, 2.05) is 24.3 Å². The van der Waals surface area contributed by atoms with Crippen molar-refractivity contribution in [2.24, 2.45) is 0 Å². The first-order chi connectivity index (χ1) is 14.2. The lowest BCUT2D eigenvalue weighted by Gasteiger charge is -2.19. The quantitative estimate of drug-likeness (QED) is 0.487. The first-order valence-electron chi connectivity index (χ1n) is 9.27. The van der Waals surface area contributed by atoms with Crippen LogP contribution < -0.4 is 15.6 Å². The van der Waals surface area contributed by atoms with Gasteiger partial charge in [0.25, 0.3) is 11.5 Å². The third-order valence-corrected chi connectivity index (χ3v) is 5.75. The number of rotatable bonds is 3. The molecular weight excluding hydrogens is 418 g/mol. The minimum Gasteiger partial charge on any atom is -0.438 e. The van der Waals surface area contributed by atoms with Crippen LogP contribution in [-0.2, 0) is 10.2 Å². The lowest BCUT2D eigenvalue weighted by atomic mass is 9.87. The maximum atomic E-state index is 13.1. The second-order valence-corrected chi connectivity index (χ2v) is 9.51. The minimum absolute atomic E-state index is 0.0135. The number of pyridine rings is 1. The molecule has 152 valence electrons. The fourth-order valence-electron chi connectivity index (χ4n) is 2.97. The van der Waals surface area contributed by atoms with E-state index in [0.717, 1.165) is 17.3 Å². The molecule has 1 N–H and O–H groups in total. The average molecular weight is 438 g/mol. The van der Waals surface area contributed by atoms with Crippen LogP contribution in [-0.4, -0.2) is 19.6 Å². The van der Waals surface area contributed by atoms with Crippen LogP contribution in [0.25, 0.3) is 11.7 Å². The summed E-state index contributed by atoms with van der Waals surface area (Å²) >= 11 is 6.14. The number of nitrogens with one attached hydrogen (secondary N) is 1. The van der Waals surface area contributed by atoms with Crippen LogP contribution in [0.5, 0.6) is 11.6 Å². The molecule has 1 aromatic carbocycles. The van der Waals surface area contributed by atoms with Gasteiger partial charge in [-0.05, 0) is 41.3 Å². The van der Waals surface area contributed by atoms with E-state index in [1.165, 1.54) is 10.5 Å². The van der Waals surface area contributed by atoms with Gasteiger partial charge in [0.1, 0.15) is 21.3 Å². The van der Waals surface area contributed by atoms with Crippen LogP contribution in [0.3, 0.4) is 0 Å². The van der Waals surface area contributed by atoms with Crippen molar-refractivity contribution in [3.05, 3.63) is 75.0 Å². The lowest BCUT2D eigenvalue weighted by molar-refractivity contribution is -0.115. The Bertz CT molecular complexity index is 1260. The summed E-state index contributed by atoms with van der Waals surface area (Å²) in [7, 11) is 0. The predicted molar refractivity (Wildman–Crippen MR) is 123 cm³/mol. The topological polar surface area (TPSA) is 72.7 Å². The zero-order valence-corrected chi connectivity index (χ0v) is 18.3. The molecule has 0 unspecified atom stereocenters. The van der Waals surface area contributed by atoms with E-state index >= 15 is 0 Å². The normalized spacial score (nSPS) is 15.6. The first-order valence-corrected chi connectivity index (χ1v) is 10.5. The van der Waals surface area contributed by atoms with Crippen molar-refractivity contribution in [3.63, 3.8) is 0 Å². The molecule has 30 heavy (non-hydrogen) atoms. The monoisotopic (exact) mass is 437 g/mol. The van der Waals surface area contributed by atoms with Gasteiger partial charge >= 0.3 is 0 Å². The summed E-state index contributed by atoms with van der Waals surface area (Å²) in [5.41, 5.74) is 1.47. The SMILES string of the molecule is CC(C)(C)c1ccc(Oc2nc3ccccn3c(=O)c2/C=C2\SC(=S)NC2=O)cc1. The third-order valence-electron chi connectivity index (χ3n) is 4.59. The Morgan fingerprint density at radius 3 is 2.50 bits per heavy atom. The van der Waals surface area contributed by atoms with E-state index < -0.39 is 0 Å².